The third-order valence-electron chi connectivity index (χ3n) is 2.11. The average Bonchev–Trinajstić information content (AvgIpc) is 2.29. The number of halogens is 1. The second kappa shape index (κ2) is 5.14. The van der Waals surface area contributed by atoms with Gasteiger partial charge in [-0.1, -0.05) is 34.1 Å². The first kappa shape index (κ1) is 11.2. The normalized spacial score (nSPS) is 10.1. The van der Waals surface area contributed by atoms with Crippen molar-refractivity contribution in [3.05, 3.63) is 58.6 Å². The minimum absolute atomic E-state index is 0.0235. The first-order valence-electron chi connectivity index (χ1n) is 4.91. The van der Waals surface area contributed by atoms with E-state index in [1.165, 1.54) is 0 Å². The third-order valence-corrected chi connectivity index (χ3v) is 2.61. The van der Waals surface area contributed by atoms with Crippen LogP contribution in [-0.4, -0.2) is 5.11 Å². The van der Waals surface area contributed by atoms with Gasteiger partial charge in [0, 0.05) is 4.47 Å². The van der Waals surface area contributed by atoms with Gasteiger partial charge in [-0.05, 0) is 35.9 Å². The summed E-state index contributed by atoms with van der Waals surface area (Å²) in [5.74, 6) is 1.49. The van der Waals surface area contributed by atoms with Gasteiger partial charge in [-0.2, -0.15) is 0 Å². The van der Waals surface area contributed by atoms with Crippen molar-refractivity contribution in [2.45, 2.75) is 6.61 Å². The van der Waals surface area contributed by atoms with Crippen LogP contribution in [0.5, 0.6) is 11.5 Å². The molecule has 3 heteroatoms. The smallest absolute Gasteiger partial charge is 0.128 e. The van der Waals surface area contributed by atoms with Crippen LogP contribution in [0.25, 0.3) is 0 Å². The van der Waals surface area contributed by atoms with E-state index in [0.29, 0.717) is 0 Å². The lowest BCUT2D eigenvalue weighted by Gasteiger charge is -2.06. The summed E-state index contributed by atoms with van der Waals surface area (Å²) in [4.78, 5) is 0. The van der Waals surface area contributed by atoms with Crippen molar-refractivity contribution in [1.82, 2.24) is 0 Å². The van der Waals surface area contributed by atoms with E-state index in [4.69, 9.17) is 9.84 Å². The highest BCUT2D eigenvalue weighted by atomic mass is 79.9. The van der Waals surface area contributed by atoms with E-state index in [-0.39, 0.29) is 6.61 Å². The number of aliphatic hydroxyl groups is 1. The lowest BCUT2D eigenvalue weighted by molar-refractivity contribution is 0.281. The predicted octanol–water partition coefficient (Wildman–Crippen LogP) is 3.73. The van der Waals surface area contributed by atoms with Gasteiger partial charge in [0.25, 0.3) is 0 Å². The summed E-state index contributed by atoms with van der Waals surface area (Å²) in [6.07, 6.45) is 0. The Balaban J connectivity index is 2.20. The van der Waals surface area contributed by atoms with Crippen LogP contribution in [0.4, 0.5) is 0 Å². The lowest BCUT2D eigenvalue weighted by Crippen LogP contribution is -1.87. The molecular weight excluding hydrogens is 268 g/mol. The molecule has 0 bridgehead atoms. The molecule has 0 atom stereocenters. The van der Waals surface area contributed by atoms with Gasteiger partial charge in [0.15, 0.2) is 0 Å². The van der Waals surface area contributed by atoms with E-state index >= 15 is 0 Å². The quantitative estimate of drug-likeness (QED) is 0.927. The largest absolute Gasteiger partial charge is 0.457 e. The summed E-state index contributed by atoms with van der Waals surface area (Å²) in [6.45, 7) is 0.0235. The second-order valence-corrected chi connectivity index (χ2v) is 4.28. The molecular formula is C13H11BrO2. The van der Waals surface area contributed by atoms with Crippen molar-refractivity contribution in [3.8, 4) is 11.5 Å². The Morgan fingerprint density at radius 2 is 1.69 bits per heavy atom. The minimum Gasteiger partial charge on any atom is -0.457 e. The molecule has 0 radical (unpaired) electrons. The highest BCUT2D eigenvalue weighted by Crippen LogP contribution is 2.24. The van der Waals surface area contributed by atoms with E-state index in [1.807, 2.05) is 48.5 Å². The number of hydrogen-bond acceptors (Lipinski definition) is 2. The van der Waals surface area contributed by atoms with Crippen LogP contribution in [0.2, 0.25) is 0 Å². The molecule has 0 saturated heterocycles. The van der Waals surface area contributed by atoms with Gasteiger partial charge in [0.2, 0.25) is 0 Å². The fourth-order valence-corrected chi connectivity index (χ4v) is 1.75. The van der Waals surface area contributed by atoms with Crippen molar-refractivity contribution in [1.29, 1.82) is 0 Å². The van der Waals surface area contributed by atoms with Crippen LogP contribution in [0, 0.1) is 0 Å². The molecule has 16 heavy (non-hydrogen) atoms. The summed E-state index contributed by atoms with van der Waals surface area (Å²) in [5, 5.41) is 9.01. The van der Waals surface area contributed by atoms with Gasteiger partial charge in [-0.3, -0.25) is 0 Å². The molecule has 0 fully saturated rings. The molecule has 2 nitrogen and oxygen atoms in total. The van der Waals surface area contributed by atoms with Crippen molar-refractivity contribution >= 4 is 15.9 Å². The maximum absolute atomic E-state index is 9.01. The molecule has 0 saturated carbocycles. The topological polar surface area (TPSA) is 29.5 Å². The Hall–Kier alpha value is -1.32. The van der Waals surface area contributed by atoms with Crippen molar-refractivity contribution in [3.63, 3.8) is 0 Å². The number of rotatable bonds is 3. The van der Waals surface area contributed by atoms with Gasteiger partial charge >= 0.3 is 0 Å². The van der Waals surface area contributed by atoms with E-state index in [1.54, 1.807) is 0 Å². The zero-order valence-corrected chi connectivity index (χ0v) is 10.1. The van der Waals surface area contributed by atoms with Crippen LogP contribution in [0.1, 0.15) is 5.56 Å². The van der Waals surface area contributed by atoms with E-state index in [0.717, 1.165) is 21.5 Å². The predicted molar refractivity (Wildman–Crippen MR) is 66.6 cm³/mol. The molecule has 0 aliphatic heterocycles. The highest BCUT2D eigenvalue weighted by molar-refractivity contribution is 9.10. The fraction of sp³-hybridized carbons (Fsp3) is 0.0769. The molecule has 0 spiro atoms. The number of aliphatic hydroxyl groups excluding tert-OH is 1. The van der Waals surface area contributed by atoms with Gasteiger partial charge in [0.05, 0.1) is 6.61 Å². The Labute approximate surface area is 103 Å². The fourth-order valence-electron chi connectivity index (χ4n) is 1.37. The molecule has 0 aliphatic rings. The average molecular weight is 279 g/mol. The molecule has 0 aromatic heterocycles. The Morgan fingerprint density at radius 1 is 1.00 bits per heavy atom. The molecule has 0 heterocycles. The number of ether oxygens (including phenoxy) is 1. The molecule has 0 unspecified atom stereocenters. The molecule has 0 aliphatic carbocycles. The van der Waals surface area contributed by atoms with E-state index in [2.05, 4.69) is 15.9 Å². The lowest BCUT2D eigenvalue weighted by atomic mass is 10.2. The molecule has 2 aromatic rings. The highest BCUT2D eigenvalue weighted by Gasteiger charge is 1.99. The van der Waals surface area contributed by atoms with Gasteiger partial charge in [-0.25, -0.2) is 0 Å². The van der Waals surface area contributed by atoms with Crippen molar-refractivity contribution in [2.24, 2.45) is 0 Å². The number of benzene rings is 2. The van der Waals surface area contributed by atoms with Crippen LogP contribution in [0.15, 0.2) is 53.0 Å². The monoisotopic (exact) mass is 278 g/mol. The SMILES string of the molecule is OCc1cccc(Oc2cccc(Br)c2)c1. The van der Waals surface area contributed by atoms with Gasteiger partial charge in [0.1, 0.15) is 11.5 Å². The first-order valence-corrected chi connectivity index (χ1v) is 5.70. The number of hydrogen-bond donors (Lipinski definition) is 1. The van der Waals surface area contributed by atoms with Crippen LogP contribution < -0.4 is 4.74 Å². The van der Waals surface area contributed by atoms with Gasteiger partial charge in [-0.15, -0.1) is 0 Å². The molecule has 2 rings (SSSR count). The maximum Gasteiger partial charge on any atom is 0.128 e. The standard InChI is InChI=1S/C13H11BrO2/c14-11-4-2-6-13(8-11)16-12-5-1-3-10(7-12)9-15/h1-8,15H,9H2. The summed E-state index contributed by atoms with van der Waals surface area (Å²) in [5.41, 5.74) is 0.840. The van der Waals surface area contributed by atoms with Crippen molar-refractivity contribution in [2.75, 3.05) is 0 Å². The van der Waals surface area contributed by atoms with Crippen LogP contribution in [0.3, 0.4) is 0 Å². The summed E-state index contributed by atoms with van der Waals surface area (Å²) in [6, 6.07) is 15.0. The van der Waals surface area contributed by atoms with E-state index in [9.17, 15) is 0 Å². The van der Waals surface area contributed by atoms with Crippen molar-refractivity contribution < 1.29 is 9.84 Å². The molecule has 82 valence electrons. The zero-order chi connectivity index (χ0) is 11.4. The molecule has 2 aromatic carbocycles. The van der Waals surface area contributed by atoms with Crippen LogP contribution in [-0.2, 0) is 6.61 Å². The first-order chi connectivity index (χ1) is 7.78. The Kier molecular flexibility index (Phi) is 3.59. The zero-order valence-electron chi connectivity index (χ0n) is 8.56. The summed E-state index contributed by atoms with van der Waals surface area (Å²) in [7, 11) is 0. The Bertz CT molecular complexity index is 483. The molecule has 0 amide bonds. The van der Waals surface area contributed by atoms with E-state index < -0.39 is 0 Å². The molecule has 1 N–H and O–H groups in total. The Morgan fingerprint density at radius 3 is 2.38 bits per heavy atom. The maximum atomic E-state index is 9.01. The minimum atomic E-state index is 0.0235. The third kappa shape index (κ3) is 2.84. The van der Waals surface area contributed by atoms with Crippen LogP contribution >= 0.6 is 15.9 Å². The van der Waals surface area contributed by atoms with Gasteiger partial charge < -0.3 is 9.84 Å². The summed E-state index contributed by atoms with van der Waals surface area (Å²) < 4.78 is 6.64. The second-order valence-electron chi connectivity index (χ2n) is 3.36. The summed E-state index contributed by atoms with van der Waals surface area (Å²) >= 11 is 3.38.